The smallest absolute Gasteiger partial charge is 0.307 e. The molecule has 0 atom stereocenters. The van der Waals surface area contributed by atoms with Gasteiger partial charge in [-0.25, -0.2) is 0 Å². The number of benzene rings is 2. The molecule has 0 heterocycles. The first-order chi connectivity index (χ1) is 7.16. The van der Waals surface area contributed by atoms with Gasteiger partial charge in [-0.15, -0.1) is 0 Å². The van der Waals surface area contributed by atoms with Crippen LogP contribution >= 0.6 is 11.6 Å². The number of fused-ring (bicyclic) bond motifs is 1. The molecule has 0 aliphatic rings. The van der Waals surface area contributed by atoms with Crippen molar-refractivity contribution < 1.29 is 9.90 Å². The van der Waals surface area contributed by atoms with Crippen LogP contribution in [0.5, 0.6) is 0 Å². The summed E-state index contributed by atoms with van der Waals surface area (Å²) in [4.78, 5) is 10.7. The number of carbonyl (C=O) groups is 1. The van der Waals surface area contributed by atoms with Crippen LogP contribution in [0, 0.1) is 0 Å². The zero-order valence-corrected chi connectivity index (χ0v) is 8.66. The van der Waals surface area contributed by atoms with E-state index in [-0.39, 0.29) is 6.42 Å². The number of hydrogen-bond donors (Lipinski definition) is 1. The summed E-state index contributed by atoms with van der Waals surface area (Å²) in [6, 6.07) is 11.1. The van der Waals surface area contributed by atoms with Crippen LogP contribution < -0.4 is 0 Å². The molecule has 0 unspecified atom stereocenters. The Balaban J connectivity index is 2.63. The second-order valence-corrected chi connectivity index (χ2v) is 3.79. The van der Waals surface area contributed by atoms with Gasteiger partial charge in [0.05, 0.1) is 6.42 Å². The highest BCUT2D eigenvalue weighted by Gasteiger charge is 2.05. The topological polar surface area (TPSA) is 37.3 Å². The molecule has 0 saturated heterocycles. The molecule has 2 aromatic rings. The number of hydrogen-bond acceptors (Lipinski definition) is 1. The largest absolute Gasteiger partial charge is 0.481 e. The van der Waals surface area contributed by atoms with Crippen LogP contribution in [0.25, 0.3) is 10.8 Å². The first-order valence-electron chi connectivity index (χ1n) is 4.56. The Labute approximate surface area is 92.1 Å². The maximum Gasteiger partial charge on any atom is 0.307 e. The third kappa shape index (κ3) is 2.10. The fourth-order valence-electron chi connectivity index (χ4n) is 1.63. The van der Waals surface area contributed by atoms with Crippen molar-refractivity contribution in [3.8, 4) is 0 Å². The van der Waals surface area contributed by atoms with Crippen LogP contribution in [-0.4, -0.2) is 11.1 Å². The van der Waals surface area contributed by atoms with Gasteiger partial charge in [0.25, 0.3) is 0 Å². The van der Waals surface area contributed by atoms with Gasteiger partial charge in [0.1, 0.15) is 0 Å². The highest BCUT2D eigenvalue weighted by Crippen LogP contribution is 2.23. The van der Waals surface area contributed by atoms with Crippen molar-refractivity contribution in [2.24, 2.45) is 0 Å². The molecule has 0 fully saturated rings. The zero-order valence-electron chi connectivity index (χ0n) is 7.90. The molecule has 0 saturated carbocycles. The SMILES string of the molecule is O=C(O)Cc1cccc2ccc(Cl)cc12. The summed E-state index contributed by atoms with van der Waals surface area (Å²) in [5, 5.41) is 11.3. The first-order valence-corrected chi connectivity index (χ1v) is 4.93. The summed E-state index contributed by atoms with van der Waals surface area (Å²) in [5.41, 5.74) is 0.794. The Morgan fingerprint density at radius 3 is 2.80 bits per heavy atom. The summed E-state index contributed by atoms with van der Waals surface area (Å²) in [5.74, 6) is -0.831. The van der Waals surface area contributed by atoms with Gasteiger partial charge in [-0.1, -0.05) is 35.9 Å². The van der Waals surface area contributed by atoms with E-state index in [9.17, 15) is 4.79 Å². The molecule has 1 N–H and O–H groups in total. The molecule has 15 heavy (non-hydrogen) atoms. The van der Waals surface area contributed by atoms with E-state index in [0.717, 1.165) is 16.3 Å². The lowest BCUT2D eigenvalue weighted by Gasteiger charge is -2.04. The van der Waals surface area contributed by atoms with Crippen molar-refractivity contribution in [3.05, 3.63) is 47.0 Å². The molecule has 2 aromatic carbocycles. The van der Waals surface area contributed by atoms with Crippen LogP contribution in [0.15, 0.2) is 36.4 Å². The molecule has 0 spiro atoms. The maximum atomic E-state index is 10.7. The molecule has 2 nitrogen and oxygen atoms in total. The average molecular weight is 221 g/mol. The minimum atomic E-state index is -0.831. The highest BCUT2D eigenvalue weighted by molar-refractivity contribution is 6.31. The molecule has 0 aliphatic carbocycles. The highest BCUT2D eigenvalue weighted by atomic mass is 35.5. The van der Waals surface area contributed by atoms with Crippen LogP contribution in [0.2, 0.25) is 5.02 Å². The molecule has 76 valence electrons. The predicted molar refractivity (Wildman–Crippen MR) is 60.3 cm³/mol. The van der Waals surface area contributed by atoms with Gasteiger partial charge in [-0.05, 0) is 28.5 Å². The quantitative estimate of drug-likeness (QED) is 0.844. The molecule has 0 aromatic heterocycles. The number of aliphatic carboxylic acids is 1. The Bertz CT molecular complexity index is 520. The van der Waals surface area contributed by atoms with Crippen molar-refractivity contribution >= 4 is 28.3 Å². The van der Waals surface area contributed by atoms with Gasteiger partial charge in [-0.3, -0.25) is 4.79 Å². The lowest BCUT2D eigenvalue weighted by Crippen LogP contribution is -2.00. The Morgan fingerprint density at radius 1 is 1.27 bits per heavy atom. The van der Waals surface area contributed by atoms with Crippen molar-refractivity contribution in [2.45, 2.75) is 6.42 Å². The molecule has 0 amide bonds. The van der Waals surface area contributed by atoms with E-state index in [1.165, 1.54) is 0 Å². The van der Waals surface area contributed by atoms with Gasteiger partial charge in [0, 0.05) is 5.02 Å². The van der Waals surface area contributed by atoms with Crippen LogP contribution in [0.4, 0.5) is 0 Å². The third-order valence-corrected chi connectivity index (χ3v) is 2.51. The van der Waals surface area contributed by atoms with Crippen LogP contribution in [0.3, 0.4) is 0 Å². The normalized spacial score (nSPS) is 10.5. The third-order valence-electron chi connectivity index (χ3n) is 2.28. The number of carboxylic acids is 1. The Hall–Kier alpha value is -1.54. The molecule has 3 heteroatoms. The average Bonchev–Trinajstić information content (AvgIpc) is 2.18. The van der Waals surface area contributed by atoms with Gasteiger partial charge in [-0.2, -0.15) is 0 Å². The maximum absolute atomic E-state index is 10.7. The monoisotopic (exact) mass is 220 g/mol. The van der Waals surface area contributed by atoms with Gasteiger partial charge < -0.3 is 5.11 Å². The second kappa shape index (κ2) is 3.91. The summed E-state index contributed by atoms with van der Waals surface area (Å²) >= 11 is 5.88. The zero-order chi connectivity index (χ0) is 10.8. The van der Waals surface area contributed by atoms with E-state index < -0.39 is 5.97 Å². The number of rotatable bonds is 2. The summed E-state index contributed by atoms with van der Waals surface area (Å²) in [6.45, 7) is 0. The molecule has 0 aliphatic heterocycles. The fourth-order valence-corrected chi connectivity index (χ4v) is 1.80. The molecule has 2 rings (SSSR count). The van der Waals surface area contributed by atoms with Gasteiger partial charge >= 0.3 is 5.97 Å². The van der Waals surface area contributed by atoms with Crippen LogP contribution in [0.1, 0.15) is 5.56 Å². The Kier molecular flexibility index (Phi) is 2.60. The van der Waals surface area contributed by atoms with E-state index in [0.29, 0.717) is 5.02 Å². The number of halogens is 1. The lowest BCUT2D eigenvalue weighted by molar-refractivity contribution is -0.136. The van der Waals surface area contributed by atoms with Crippen molar-refractivity contribution in [1.29, 1.82) is 0 Å². The van der Waals surface area contributed by atoms with E-state index in [1.54, 1.807) is 12.1 Å². The van der Waals surface area contributed by atoms with E-state index >= 15 is 0 Å². The van der Waals surface area contributed by atoms with Crippen molar-refractivity contribution in [3.63, 3.8) is 0 Å². The standard InChI is InChI=1S/C12H9ClO2/c13-10-5-4-8-2-1-3-9(6-12(14)15)11(8)7-10/h1-5,7H,6H2,(H,14,15). The fraction of sp³-hybridized carbons (Fsp3) is 0.0833. The van der Waals surface area contributed by atoms with Crippen LogP contribution in [-0.2, 0) is 11.2 Å². The molecule has 0 radical (unpaired) electrons. The van der Waals surface area contributed by atoms with E-state index in [2.05, 4.69) is 0 Å². The summed E-state index contributed by atoms with van der Waals surface area (Å²) < 4.78 is 0. The van der Waals surface area contributed by atoms with Gasteiger partial charge in [0.15, 0.2) is 0 Å². The molecular weight excluding hydrogens is 212 g/mol. The van der Waals surface area contributed by atoms with Crippen molar-refractivity contribution in [1.82, 2.24) is 0 Å². The van der Waals surface area contributed by atoms with Crippen molar-refractivity contribution in [2.75, 3.05) is 0 Å². The Morgan fingerprint density at radius 2 is 2.07 bits per heavy atom. The summed E-state index contributed by atoms with van der Waals surface area (Å²) in [7, 11) is 0. The van der Waals surface area contributed by atoms with Gasteiger partial charge in [0.2, 0.25) is 0 Å². The second-order valence-electron chi connectivity index (χ2n) is 3.35. The van der Waals surface area contributed by atoms with E-state index in [4.69, 9.17) is 16.7 Å². The van der Waals surface area contributed by atoms with E-state index in [1.807, 2.05) is 24.3 Å². The molecule has 0 bridgehead atoms. The minimum Gasteiger partial charge on any atom is -0.481 e. The number of carboxylic acid groups (broad SMARTS) is 1. The molecular formula is C12H9ClO2. The predicted octanol–water partition coefficient (Wildman–Crippen LogP) is 3.12. The first kappa shape index (κ1) is 9.99. The lowest BCUT2D eigenvalue weighted by atomic mass is 10.0. The minimum absolute atomic E-state index is 0.0255. The summed E-state index contributed by atoms with van der Waals surface area (Å²) in [6.07, 6.45) is 0.0255.